The lowest BCUT2D eigenvalue weighted by Gasteiger charge is -2.08. The summed E-state index contributed by atoms with van der Waals surface area (Å²) in [7, 11) is -8.19. The van der Waals surface area contributed by atoms with Crippen LogP contribution in [0.4, 0.5) is 0 Å². The molecule has 2 rings (SSSR count). The van der Waals surface area contributed by atoms with E-state index >= 15 is 0 Å². The van der Waals surface area contributed by atoms with Crippen molar-refractivity contribution < 1.29 is 21.6 Å². The molecule has 1 aromatic rings. The van der Waals surface area contributed by atoms with Crippen LogP contribution < -0.4 is 4.72 Å². The van der Waals surface area contributed by atoms with E-state index in [9.17, 15) is 21.6 Å². The van der Waals surface area contributed by atoms with Crippen molar-refractivity contribution in [3.63, 3.8) is 0 Å². The Morgan fingerprint density at radius 3 is 2.39 bits per heavy atom. The molecule has 0 fully saturated rings. The number of carbonyl (C=O) groups is 1. The summed E-state index contributed by atoms with van der Waals surface area (Å²) in [5.74, 6) is -2.00. The summed E-state index contributed by atoms with van der Waals surface area (Å²) in [5.41, 5.74) is 0.408. The van der Waals surface area contributed by atoms with Crippen molar-refractivity contribution in [2.24, 2.45) is 0 Å². The van der Waals surface area contributed by atoms with Crippen LogP contribution in [0.25, 0.3) is 0 Å². The number of halogens is 1. The van der Waals surface area contributed by atoms with E-state index in [1.54, 1.807) is 4.72 Å². The van der Waals surface area contributed by atoms with Gasteiger partial charge in [-0.1, -0.05) is 11.6 Å². The first-order valence-electron chi connectivity index (χ1n) is 4.72. The van der Waals surface area contributed by atoms with Crippen LogP contribution in [0.2, 0.25) is 5.02 Å². The first-order valence-corrected chi connectivity index (χ1v) is 8.23. The second-order valence-electron chi connectivity index (χ2n) is 3.84. The summed E-state index contributed by atoms with van der Waals surface area (Å²) in [4.78, 5) is 10.4. The third kappa shape index (κ3) is 2.11. The molecule has 1 heterocycles. The van der Waals surface area contributed by atoms with Gasteiger partial charge in [0.2, 0.25) is 5.91 Å². The maximum absolute atomic E-state index is 11.9. The number of amides is 1. The SMILES string of the molecule is Cc1cc2c(cc1Cl)S(=O)(=O)CC(=O)NS2(=O)=O. The zero-order valence-electron chi connectivity index (χ0n) is 9.10. The van der Waals surface area contributed by atoms with Gasteiger partial charge in [-0.25, -0.2) is 21.6 Å². The van der Waals surface area contributed by atoms with Crippen LogP contribution in [0.1, 0.15) is 5.56 Å². The van der Waals surface area contributed by atoms with Gasteiger partial charge >= 0.3 is 0 Å². The predicted octanol–water partition coefficient (Wildman–Crippen LogP) is 0.241. The second kappa shape index (κ2) is 3.94. The monoisotopic (exact) mass is 309 g/mol. The van der Waals surface area contributed by atoms with Gasteiger partial charge in [-0.15, -0.1) is 0 Å². The minimum absolute atomic E-state index is 0.127. The van der Waals surface area contributed by atoms with Gasteiger partial charge in [-0.3, -0.25) is 4.79 Å². The van der Waals surface area contributed by atoms with Crippen molar-refractivity contribution in [3.05, 3.63) is 22.7 Å². The molecule has 0 aliphatic carbocycles. The van der Waals surface area contributed by atoms with Crippen LogP contribution in [0, 0.1) is 6.92 Å². The number of sulfonamides is 1. The van der Waals surface area contributed by atoms with Crippen molar-refractivity contribution >= 4 is 37.4 Å². The molecular formula is C9H8ClNO5S2. The van der Waals surface area contributed by atoms with Gasteiger partial charge in [-0.05, 0) is 24.6 Å². The Balaban J connectivity index is 2.93. The molecule has 0 radical (unpaired) electrons. The van der Waals surface area contributed by atoms with E-state index in [1.165, 1.54) is 6.92 Å². The summed E-state index contributed by atoms with van der Waals surface area (Å²) in [6, 6.07) is 2.19. The number of hydrogen-bond acceptors (Lipinski definition) is 5. The molecule has 18 heavy (non-hydrogen) atoms. The van der Waals surface area contributed by atoms with E-state index in [1.807, 2.05) is 0 Å². The Hall–Kier alpha value is -1.12. The van der Waals surface area contributed by atoms with Crippen molar-refractivity contribution in [3.8, 4) is 0 Å². The first kappa shape index (κ1) is 13.3. The van der Waals surface area contributed by atoms with Gasteiger partial charge in [0, 0.05) is 5.02 Å². The van der Waals surface area contributed by atoms with Crippen LogP contribution >= 0.6 is 11.6 Å². The summed E-state index contributed by atoms with van der Waals surface area (Å²) < 4.78 is 49.1. The molecule has 0 aromatic heterocycles. The number of benzene rings is 1. The standard InChI is InChI=1S/C9H8ClNO5S2/c1-5-2-8-7(3-6(5)10)17(13,14)4-9(12)11-18(8,15)16/h2-3H,4H2,1H3,(H,11,12). The maximum atomic E-state index is 11.9. The molecule has 1 N–H and O–H groups in total. The number of aryl methyl sites for hydroxylation is 1. The van der Waals surface area contributed by atoms with Crippen molar-refractivity contribution in [2.75, 3.05) is 5.75 Å². The molecule has 1 aromatic carbocycles. The molecule has 1 aliphatic rings. The molecule has 0 bridgehead atoms. The highest BCUT2D eigenvalue weighted by atomic mass is 35.5. The van der Waals surface area contributed by atoms with E-state index in [4.69, 9.17) is 11.6 Å². The van der Waals surface area contributed by atoms with Gasteiger partial charge in [0.25, 0.3) is 10.0 Å². The Morgan fingerprint density at radius 2 is 1.78 bits per heavy atom. The Kier molecular flexibility index (Phi) is 2.91. The lowest BCUT2D eigenvalue weighted by Crippen LogP contribution is -2.31. The van der Waals surface area contributed by atoms with E-state index in [2.05, 4.69) is 0 Å². The molecule has 0 unspecified atom stereocenters. The Labute approximate surface area is 109 Å². The number of hydrogen-bond donors (Lipinski definition) is 1. The molecule has 6 nitrogen and oxygen atoms in total. The average molecular weight is 310 g/mol. The van der Waals surface area contributed by atoms with Crippen molar-refractivity contribution in [2.45, 2.75) is 16.7 Å². The summed E-state index contributed by atoms with van der Waals surface area (Å²) in [6.45, 7) is 1.54. The molecular weight excluding hydrogens is 302 g/mol. The number of sulfone groups is 1. The molecule has 1 aliphatic heterocycles. The fourth-order valence-electron chi connectivity index (χ4n) is 1.57. The van der Waals surface area contributed by atoms with Crippen molar-refractivity contribution in [1.29, 1.82) is 0 Å². The van der Waals surface area contributed by atoms with Crippen molar-refractivity contribution in [1.82, 2.24) is 4.72 Å². The molecule has 0 spiro atoms. The molecule has 1 amide bonds. The lowest BCUT2D eigenvalue weighted by atomic mass is 10.2. The molecule has 0 atom stereocenters. The third-order valence-electron chi connectivity index (χ3n) is 2.42. The zero-order chi connectivity index (χ0) is 13.7. The van der Waals surface area contributed by atoms with E-state index in [0.717, 1.165) is 12.1 Å². The Morgan fingerprint density at radius 1 is 1.17 bits per heavy atom. The predicted molar refractivity (Wildman–Crippen MR) is 63.6 cm³/mol. The summed E-state index contributed by atoms with van der Waals surface area (Å²) in [5, 5.41) is 0.127. The number of rotatable bonds is 0. The minimum atomic E-state index is -4.18. The molecule has 0 saturated heterocycles. The van der Waals surface area contributed by atoms with Gasteiger partial charge in [0.15, 0.2) is 9.84 Å². The quantitative estimate of drug-likeness (QED) is 0.740. The topological polar surface area (TPSA) is 97.4 Å². The van der Waals surface area contributed by atoms with Gasteiger partial charge in [-0.2, -0.15) is 0 Å². The third-order valence-corrected chi connectivity index (χ3v) is 6.02. The zero-order valence-corrected chi connectivity index (χ0v) is 11.5. The molecule has 98 valence electrons. The number of nitrogens with one attached hydrogen (secondary N) is 1. The first-order chi connectivity index (χ1) is 8.13. The van der Waals surface area contributed by atoms with Crippen LogP contribution in [0.3, 0.4) is 0 Å². The maximum Gasteiger partial charge on any atom is 0.265 e. The summed E-state index contributed by atoms with van der Waals surface area (Å²) in [6.07, 6.45) is 0. The minimum Gasteiger partial charge on any atom is -0.273 e. The smallest absolute Gasteiger partial charge is 0.265 e. The lowest BCUT2D eigenvalue weighted by molar-refractivity contribution is -0.116. The fraction of sp³-hybridized carbons (Fsp3) is 0.222. The summed E-state index contributed by atoms with van der Waals surface area (Å²) >= 11 is 5.79. The molecule has 9 heteroatoms. The van der Waals surface area contributed by atoms with E-state index in [-0.39, 0.29) is 5.02 Å². The second-order valence-corrected chi connectivity index (χ2v) is 7.85. The van der Waals surface area contributed by atoms with E-state index < -0.39 is 41.3 Å². The van der Waals surface area contributed by atoms with Crippen LogP contribution in [-0.2, 0) is 24.7 Å². The normalized spacial score (nSPS) is 20.7. The van der Waals surface area contributed by atoms with Gasteiger partial charge in [0.05, 0.1) is 4.90 Å². The Bertz CT molecular complexity index is 688. The number of fused-ring (bicyclic) bond motifs is 1. The highest BCUT2D eigenvalue weighted by Crippen LogP contribution is 2.30. The van der Waals surface area contributed by atoms with Crippen LogP contribution in [0.5, 0.6) is 0 Å². The average Bonchev–Trinajstić information content (AvgIpc) is 2.23. The van der Waals surface area contributed by atoms with Crippen LogP contribution in [-0.4, -0.2) is 28.5 Å². The van der Waals surface area contributed by atoms with Crippen LogP contribution in [0.15, 0.2) is 21.9 Å². The highest BCUT2D eigenvalue weighted by molar-refractivity contribution is 7.95. The largest absolute Gasteiger partial charge is 0.273 e. The van der Waals surface area contributed by atoms with Gasteiger partial charge in [0.1, 0.15) is 10.6 Å². The highest BCUT2D eigenvalue weighted by Gasteiger charge is 2.35. The number of carbonyl (C=O) groups excluding carboxylic acids is 1. The van der Waals surface area contributed by atoms with E-state index in [0.29, 0.717) is 5.56 Å². The van der Waals surface area contributed by atoms with Gasteiger partial charge < -0.3 is 0 Å². The fourth-order valence-corrected chi connectivity index (χ4v) is 4.98. The molecule has 0 saturated carbocycles.